The monoisotopic (exact) mass is 474 g/mol. The van der Waals surface area contributed by atoms with E-state index < -0.39 is 7.26 Å². The Morgan fingerprint density at radius 3 is 1.71 bits per heavy atom. The maximum Gasteiger partial charge on any atom is 0.305 e. The first-order chi connectivity index (χ1) is 16.8. The molecule has 1 saturated heterocycles. The van der Waals surface area contributed by atoms with Crippen LogP contribution in [0.4, 0.5) is 0 Å². The lowest BCUT2D eigenvalue weighted by Gasteiger charge is -2.27. The highest BCUT2D eigenvalue weighted by Crippen LogP contribution is 2.55. The first-order valence-corrected chi connectivity index (χ1v) is 14.7. The van der Waals surface area contributed by atoms with Crippen LogP contribution in [0.5, 0.6) is 0 Å². The van der Waals surface area contributed by atoms with Gasteiger partial charge in [-0.15, -0.1) is 0 Å². The second-order valence-corrected chi connectivity index (χ2v) is 12.7. The van der Waals surface area contributed by atoms with Gasteiger partial charge in [-0.2, -0.15) is 0 Å². The average molecular weight is 475 g/mol. The van der Waals surface area contributed by atoms with Crippen LogP contribution in [-0.2, 0) is 9.53 Å². The van der Waals surface area contributed by atoms with Crippen LogP contribution in [0.15, 0.2) is 91.0 Å². The van der Waals surface area contributed by atoms with E-state index in [1.807, 2.05) is 0 Å². The van der Waals surface area contributed by atoms with Gasteiger partial charge in [0.1, 0.15) is 29.8 Å². The zero-order valence-corrected chi connectivity index (χ0v) is 21.0. The molecule has 0 unspecified atom stereocenters. The maximum atomic E-state index is 12.4. The molecule has 1 fully saturated rings. The molecule has 34 heavy (non-hydrogen) atoms. The number of hydrogen-bond donors (Lipinski definition) is 0. The fourth-order valence-corrected chi connectivity index (χ4v) is 9.45. The van der Waals surface area contributed by atoms with Crippen LogP contribution in [0.1, 0.15) is 38.5 Å². The lowest BCUT2D eigenvalue weighted by atomic mass is 10.1. The van der Waals surface area contributed by atoms with Gasteiger partial charge in [0.05, 0.1) is 6.16 Å². The SMILES string of the molecule is O=C(CCCC[P+](c1ccccc1)(c1ccccc1)c1ccccc1)OCCN1CCCCC1. The second-order valence-electron chi connectivity index (χ2n) is 9.12. The highest BCUT2D eigenvalue weighted by molar-refractivity contribution is 7.95. The molecule has 3 nitrogen and oxygen atoms in total. The van der Waals surface area contributed by atoms with Gasteiger partial charge in [0.2, 0.25) is 0 Å². The van der Waals surface area contributed by atoms with Crippen molar-refractivity contribution in [3.8, 4) is 0 Å². The van der Waals surface area contributed by atoms with Crippen molar-refractivity contribution in [1.82, 2.24) is 4.90 Å². The number of carbonyl (C=O) groups excluding carboxylic acids is 1. The van der Waals surface area contributed by atoms with Crippen LogP contribution in [-0.4, -0.2) is 43.3 Å². The molecule has 0 amide bonds. The van der Waals surface area contributed by atoms with Crippen molar-refractivity contribution in [3.05, 3.63) is 91.0 Å². The molecule has 0 radical (unpaired) electrons. The van der Waals surface area contributed by atoms with Crippen molar-refractivity contribution in [3.63, 3.8) is 0 Å². The van der Waals surface area contributed by atoms with E-state index in [4.69, 9.17) is 4.74 Å². The molecule has 0 spiro atoms. The number of likely N-dealkylation sites (tertiary alicyclic amines) is 1. The van der Waals surface area contributed by atoms with Crippen molar-refractivity contribution < 1.29 is 9.53 Å². The Balaban J connectivity index is 1.42. The van der Waals surface area contributed by atoms with Gasteiger partial charge in [0.25, 0.3) is 0 Å². The lowest BCUT2D eigenvalue weighted by molar-refractivity contribution is -0.144. The molecule has 0 N–H and O–H groups in total. The molecular weight excluding hydrogens is 437 g/mol. The zero-order chi connectivity index (χ0) is 23.5. The van der Waals surface area contributed by atoms with E-state index in [-0.39, 0.29) is 5.97 Å². The van der Waals surface area contributed by atoms with Gasteiger partial charge in [-0.1, -0.05) is 61.0 Å². The standard InChI is InChI=1S/C30H37NO2P/c32-30(33-25-24-31-22-12-4-13-23-31)21-11-14-26-34(27-15-5-1-6-16-27,28-17-7-2-8-18-28)29-19-9-3-10-20-29/h1-3,5-10,15-20H,4,11-14,21-26H2/q+1. The lowest BCUT2D eigenvalue weighted by Crippen LogP contribution is -2.33. The van der Waals surface area contributed by atoms with Crippen LogP contribution in [0.3, 0.4) is 0 Å². The highest BCUT2D eigenvalue weighted by Gasteiger charge is 2.44. The topological polar surface area (TPSA) is 29.5 Å². The van der Waals surface area contributed by atoms with E-state index in [1.54, 1.807) is 0 Å². The molecule has 1 aliphatic heterocycles. The van der Waals surface area contributed by atoms with E-state index in [2.05, 4.69) is 95.9 Å². The van der Waals surface area contributed by atoms with E-state index in [0.717, 1.165) is 38.6 Å². The summed E-state index contributed by atoms with van der Waals surface area (Å²) < 4.78 is 5.56. The Morgan fingerprint density at radius 2 is 1.21 bits per heavy atom. The van der Waals surface area contributed by atoms with Crippen LogP contribution in [0.25, 0.3) is 0 Å². The van der Waals surface area contributed by atoms with E-state index >= 15 is 0 Å². The van der Waals surface area contributed by atoms with Gasteiger partial charge < -0.3 is 4.74 Å². The normalized spacial score (nSPS) is 14.6. The number of esters is 1. The Kier molecular flexibility index (Phi) is 9.30. The third-order valence-electron chi connectivity index (χ3n) is 6.83. The highest BCUT2D eigenvalue weighted by atomic mass is 31.2. The number of unbranched alkanes of at least 4 members (excludes halogenated alkanes) is 1. The largest absolute Gasteiger partial charge is 0.464 e. The van der Waals surface area contributed by atoms with Crippen molar-refractivity contribution >= 4 is 29.1 Å². The van der Waals surface area contributed by atoms with E-state index in [1.165, 1.54) is 35.2 Å². The molecule has 3 aromatic rings. The molecule has 0 saturated carbocycles. The smallest absolute Gasteiger partial charge is 0.305 e. The number of piperidine rings is 1. The fourth-order valence-electron chi connectivity index (χ4n) is 5.04. The fraction of sp³-hybridized carbons (Fsp3) is 0.367. The van der Waals surface area contributed by atoms with Crippen LogP contribution in [0.2, 0.25) is 0 Å². The summed E-state index contributed by atoms with van der Waals surface area (Å²) in [6.45, 7) is 3.67. The van der Waals surface area contributed by atoms with Crippen molar-refractivity contribution in [2.75, 3.05) is 32.4 Å². The Labute approximate surface area is 205 Å². The molecule has 4 rings (SSSR count). The summed E-state index contributed by atoms with van der Waals surface area (Å²) in [5, 5.41) is 4.20. The predicted molar refractivity (Wildman–Crippen MR) is 145 cm³/mol. The third kappa shape index (κ3) is 6.34. The van der Waals surface area contributed by atoms with Gasteiger partial charge in [-0.25, -0.2) is 0 Å². The van der Waals surface area contributed by atoms with Crippen molar-refractivity contribution in [1.29, 1.82) is 0 Å². The Bertz CT molecular complexity index is 891. The number of hydrogen-bond acceptors (Lipinski definition) is 3. The van der Waals surface area contributed by atoms with Gasteiger partial charge in [0.15, 0.2) is 0 Å². The molecular formula is C30H37NO2P+. The number of rotatable bonds is 11. The summed E-state index contributed by atoms with van der Waals surface area (Å²) in [5.74, 6) is -0.0555. The van der Waals surface area contributed by atoms with Gasteiger partial charge in [-0.05, 0) is 75.2 Å². The minimum Gasteiger partial charge on any atom is -0.464 e. The van der Waals surface area contributed by atoms with Crippen LogP contribution >= 0.6 is 7.26 Å². The van der Waals surface area contributed by atoms with Crippen LogP contribution in [0, 0.1) is 0 Å². The quantitative estimate of drug-likeness (QED) is 0.218. The Hall–Kier alpha value is -2.48. The minimum atomic E-state index is -1.81. The first kappa shape index (κ1) is 24.6. The molecule has 0 atom stereocenters. The summed E-state index contributed by atoms with van der Waals surface area (Å²) in [6, 6.07) is 32.8. The third-order valence-corrected chi connectivity index (χ3v) is 11.4. The number of ether oxygens (including phenoxy) is 1. The molecule has 4 heteroatoms. The van der Waals surface area contributed by atoms with E-state index in [0.29, 0.717) is 13.0 Å². The Morgan fingerprint density at radius 1 is 0.706 bits per heavy atom. The van der Waals surface area contributed by atoms with Gasteiger partial charge in [-0.3, -0.25) is 9.69 Å². The average Bonchev–Trinajstić information content (AvgIpc) is 2.91. The first-order valence-electron chi connectivity index (χ1n) is 12.7. The molecule has 1 aliphatic rings. The predicted octanol–water partition coefficient (Wildman–Crippen LogP) is 5.18. The summed E-state index contributed by atoms with van der Waals surface area (Å²) in [4.78, 5) is 14.8. The second kappa shape index (κ2) is 12.8. The molecule has 1 heterocycles. The minimum absolute atomic E-state index is 0.0555. The van der Waals surface area contributed by atoms with Crippen molar-refractivity contribution in [2.24, 2.45) is 0 Å². The summed E-state index contributed by atoms with van der Waals surface area (Å²) in [7, 11) is -1.81. The summed E-state index contributed by atoms with van der Waals surface area (Å²) in [5.41, 5.74) is 0. The number of benzene rings is 3. The number of carbonyl (C=O) groups is 1. The summed E-state index contributed by atoms with van der Waals surface area (Å²) in [6.07, 6.45) is 7.26. The number of nitrogens with zero attached hydrogens (tertiary/aromatic N) is 1. The van der Waals surface area contributed by atoms with Gasteiger partial charge in [0, 0.05) is 13.0 Å². The molecule has 178 valence electrons. The molecule has 0 bridgehead atoms. The summed E-state index contributed by atoms with van der Waals surface area (Å²) >= 11 is 0. The van der Waals surface area contributed by atoms with Gasteiger partial charge >= 0.3 is 5.97 Å². The maximum absolute atomic E-state index is 12.4. The van der Waals surface area contributed by atoms with E-state index in [9.17, 15) is 4.79 Å². The molecule has 0 aliphatic carbocycles. The van der Waals surface area contributed by atoms with Crippen molar-refractivity contribution in [2.45, 2.75) is 38.5 Å². The molecule has 3 aromatic carbocycles. The van der Waals surface area contributed by atoms with Crippen LogP contribution < -0.4 is 15.9 Å². The molecule has 0 aromatic heterocycles. The zero-order valence-electron chi connectivity index (χ0n) is 20.1.